The van der Waals surface area contributed by atoms with Crippen molar-refractivity contribution in [2.45, 2.75) is 38.6 Å². The number of hydrogen-bond acceptors (Lipinski definition) is 2. The molecule has 1 amide bonds. The molecule has 1 unspecified atom stereocenters. The highest BCUT2D eigenvalue weighted by Crippen LogP contribution is 2.23. The number of nitrogens with one attached hydrogen (secondary N) is 1. The van der Waals surface area contributed by atoms with E-state index in [4.69, 9.17) is 0 Å². The number of carbonyl (C=O) groups is 1. The third-order valence-corrected chi connectivity index (χ3v) is 4.98. The molecule has 1 heterocycles. The van der Waals surface area contributed by atoms with Crippen LogP contribution in [0.4, 0.5) is 0 Å². The molecule has 2 aromatic rings. The van der Waals surface area contributed by atoms with Crippen molar-refractivity contribution in [1.82, 2.24) is 5.32 Å². The number of rotatable bonds is 3. The Morgan fingerprint density at radius 2 is 2.00 bits per heavy atom. The molecule has 1 aliphatic carbocycles. The van der Waals surface area contributed by atoms with E-state index in [1.165, 1.54) is 28.8 Å². The van der Waals surface area contributed by atoms with Gasteiger partial charge in [0.05, 0.1) is 6.04 Å². The molecule has 1 aliphatic rings. The average Bonchev–Trinajstić information content (AvgIpc) is 3.01. The minimum Gasteiger partial charge on any atom is -0.345 e. The van der Waals surface area contributed by atoms with Crippen molar-refractivity contribution in [3.63, 3.8) is 0 Å². The van der Waals surface area contributed by atoms with E-state index in [2.05, 4.69) is 23.5 Å². The molecule has 1 atom stereocenters. The van der Waals surface area contributed by atoms with Gasteiger partial charge in [0, 0.05) is 10.4 Å². The van der Waals surface area contributed by atoms with Crippen LogP contribution in [0.2, 0.25) is 0 Å². The zero-order chi connectivity index (χ0) is 13.9. The molecule has 3 heteroatoms. The average molecular weight is 285 g/mol. The molecule has 104 valence electrons. The highest BCUT2D eigenvalue weighted by Gasteiger charge is 2.15. The van der Waals surface area contributed by atoms with Gasteiger partial charge in [-0.3, -0.25) is 4.79 Å². The molecule has 0 fully saturated rings. The Morgan fingerprint density at radius 1 is 1.20 bits per heavy atom. The first-order valence-corrected chi connectivity index (χ1v) is 8.08. The third-order valence-electron chi connectivity index (χ3n) is 3.93. The summed E-state index contributed by atoms with van der Waals surface area (Å²) >= 11 is 1.68. The van der Waals surface area contributed by atoms with Gasteiger partial charge in [0.1, 0.15) is 0 Å². The quantitative estimate of drug-likeness (QED) is 0.903. The van der Waals surface area contributed by atoms with Gasteiger partial charge in [0.25, 0.3) is 5.91 Å². The van der Waals surface area contributed by atoms with Gasteiger partial charge in [0.15, 0.2) is 0 Å². The minimum absolute atomic E-state index is 0.0271. The van der Waals surface area contributed by atoms with Crippen molar-refractivity contribution in [2.75, 3.05) is 0 Å². The maximum atomic E-state index is 12.3. The Hall–Kier alpha value is -1.61. The molecule has 0 saturated heterocycles. The lowest BCUT2D eigenvalue weighted by atomic mass is 9.90. The number of fused-ring (bicyclic) bond motifs is 1. The number of hydrogen-bond donors (Lipinski definition) is 1. The molecule has 0 spiro atoms. The molecule has 20 heavy (non-hydrogen) atoms. The second kappa shape index (κ2) is 5.80. The molecule has 3 rings (SSSR count). The number of aryl methyl sites for hydroxylation is 2. The predicted molar refractivity (Wildman–Crippen MR) is 83.3 cm³/mol. The lowest BCUT2D eigenvalue weighted by molar-refractivity contribution is 0.0940. The van der Waals surface area contributed by atoms with Gasteiger partial charge in [-0.05, 0) is 67.3 Å². The number of thiophene rings is 1. The zero-order valence-corrected chi connectivity index (χ0v) is 12.5. The van der Waals surface area contributed by atoms with Crippen LogP contribution in [-0.4, -0.2) is 5.91 Å². The minimum atomic E-state index is 0.0271. The summed E-state index contributed by atoms with van der Waals surface area (Å²) in [5.74, 6) is 0.0271. The fourth-order valence-electron chi connectivity index (χ4n) is 2.76. The van der Waals surface area contributed by atoms with Gasteiger partial charge < -0.3 is 5.32 Å². The summed E-state index contributed by atoms with van der Waals surface area (Å²) in [6.45, 7) is 2.03. The van der Waals surface area contributed by atoms with E-state index in [9.17, 15) is 4.79 Å². The van der Waals surface area contributed by atoms with E-state index >= 15 is 0 Å². The van der Waals surface area contributed by atoms with Crippen molar-refractivity contribution >= 4 is 17.2 Å². The second-order valence-electron chi connectivity index (χ2n) is 5.40. The first kappa shape index (κ1) is 13.4. The van der Waals surface area contributed by atoms with Crippen molar-refractivity contribution < 1.29 is 4.79 Å². The van der Waals surface area contributed by atoms with Crippen LogP contribution in [0.1, 0.15) is 52.2 Å². The number of carbonyl (C=O) groups excluding carboxylic acids is 1. The van der Waals surface area contributed by atoms with Crippen molar-refractivity contribution in [3.8, 4) is 0 Å². The van der Waals surface area contributed by atoms with Crippen molar-refractivity contribution in [1.29, 1.82) is 0 Å². The summed E-state index contributed by atoms with van der Waals surface area (Å²) in [6.07, 6.45) is 4.78. The lowest BCUT2D eigenvalue weighted by Crippen LogP contribution is -2.26. The van der Waals surface area contributed by atoms with E-state index in [-0.39, 0.29) is 11.9 Å². The monoisotopic (exact) mass is 285 g/mol. The maximum Gasteiger partial charge on any atom is 0.251 e. The standard InChI is InChI=1S/C17H19NOS/c1-12(16-7-4-10-20-16)18-17(19)15-9-8-13-5-2-3-6-14(13)11-15/h4,7-12H,2-3,5-6H2,1H3,(H,18,19). The van der Waals surface area contributed by atoms with Gasteiger partial charge in [0.2, 0.25) is 0 Å². The van der Waals surface area contributed by atoms with Crippen molar-refractivity contribution in [3.05, 3.63) is 57.3 Å². The molecule has 2 nitrogen and oxygen atoms in total. The van der Waals surface area contributed by atoms with Gasteiger partial charge in [-0.15, -0.1) is 11.3 Å². The van der Waals surface area contributed by atoms with E-state index in [0.717, 1.165) is 18.4 Å². The zero-order valence-electron chi connectivity index (χ0n) is 11.7. The molecule has 1 aromatic carbocycles. The molecular weight excluding hydrogens is 266 g/mol. The first-order chi connectivity index (χ1) is 9.74. The van der Waals surface area contributed by atoms with Crippen LogP contribution >= 0.6 is 11.3 Å². The summed E-state index contributed by atoms with van der Waals surface area (Å²) in [5, 5.41) is 5.12. The summed E-state index contributed by atoms with van der Waals surface area (Å²) in [6, 6.07) is 10.3. The van der Waals surface area contributed by atoms with Crippen LogP contribution in [0.15, 0.2) is 35.7 Å². The Bertz CT molecular complexity index is 603. The van der Waals surface area contributed by atoms with Crippen LogP contribution in [-0.2, 0) is 12.8 Å². The Kier molecular flexibility index (Phi) is 3.88. The summed E-state index contributed by atoms with van der Waals surface area (Å²) in [4.78, 5) is 13.5. The summed E-state index contributed by atoms with van der Waals surface area (Å²) in [7, 11) is 0. The highest BCUT2D eigenvalue weighted by atomic mass is 32.1. The van der Waals surface area contributed by atoms with Crippen LogP contribution in [0.5, 0.6) is 0 Å². The molecule has 0 bridgehead atoms. The Labute approximate surface area is 123 Å². The third kappa shape index (κ3) is 2.78. The number of amides is 1. The largest absolute Gasteiger partial charge is 0.345 e. The molecular formula is C17H19NOS. The van der Waals surface area contributed by atoms with Gasteiger partial charge in [-0.1, -0.05) is 12.1 Å². The second-order valence-corrected chi connectivity index (χ2v) is 6.38. The molecule has 1 N–H and O–H groups in total. The maximum absolute atomic E-state index is 12.3. The SMILES string of the molecule is CC(NC(=O)c1ccc2c(c1)CCCC2)c1cccs1. The van der Waals surface area contributed by atoms with Crippen molar-refractivity contribution in [2.24, 2.45) is 0 Å². The predicted octanol–water partition coefficient (Wildman–Crippen LogP) is 4.12. The van der Waals surface area contributed by atoms with Crippen LogP contribution in [0.3, 0.4) is 0 Å². The highest BCUT2D eigenvalue weighted by molar-refractivity contribution is 7.10. The van der Waals surface area contributed by atoms with Gasteiger partial charge in [-0.2, -0.15) is 0 Å². The van der Waals surface area contributed by atoms with E-state index < -0.39 is 0 Å². The topological polar surface area (TPSA) is 29.1 Å². The summed E-state index contributed by atoms with van der Waals surface area (Å²) in [5.41, 5.74) is 3.56. The molecule has 0 aliphatic heterocycles. The smallest absolute Gasteiger partial charge is 0.251 e. The number of benzene rings is 1. The van der Waals surface area contributed by atoms with Crippen LogP contribution in [0, 0.1) is 0 Å². The summed E-state index contributed by atoms with van der Waals surface area (Å²) < 4.78 is 0. The Morgan fingerprint density at radius 3 is 2.75 bits per heavy atom. The van der Waals surface area contributed by atoms with Gasteiger partial charge in [-0.25, -0.2) is 0 Å². The van der Waals surface area contributed by atoms with E-state index in [0.29, 0.717) is 0 Å². The van der Waals surface area contributed by atoms with Crippen LogP contribution < -0.4 is 5.32 Å². The molecule has 0 saturated carbocycles. The molecule has 0 radical (unpaired) electrons. The van der Waals surface area contributed by atoms with Gasteiger partial charge >= 0.3 is 0 Å². The lowest BCUT2D eigenvalue weighted by Gasteiger charge is -2.17. The first-order valence-electron chi connectivity index (χ1n) is 7.20. The molecule has 1 aromatic heterocycles. The van der Waals surface area contributed by atoms with E-state index in [1.807, 2.05) is 24.4 Å². The normalized spacial score (nSPS) is 15.4. The Balaban J connectivity index is 1.74. The fourth-order valence-corrected chi connectivity index (χ4v) is 3.50. The van der Waals surface area contributed by atoms with E-state index in [1.54, 1.807) is 11.3 Å². The fraction of sp³-hybridized carbons (Fsp3) is 0.353. The van der Waals surface area contributed by atoms with Crippen LogP contribution in [0.25, 0.3) is 0 Å².